The van der Waals surface area contributed by atoms with Crippen LogP contribution in [-0.2, 0) is 17.8 Å². The summed E-state index contributed by atoms with van der Waals surface area (Å²) in [6.45, 7) is 4.58. The van der Waals surface area contributed by atoms with E-state index in [9.17, 15) is 4.79 Å². The van der Waals surface area contributed by atoms with Crippen molar-refractivity contribution < 1.29 is 4.79 Å². The van der Waals surface area contributed by atoms with E-state index < -0.39 is 0 Å². The van der Waals surface area contributed by atoms with Crippen LogP contribution in [0.3, 0.4) is 0 Å². The van der Waals surface area contributed by atoms with Crippen LogP contribution in [0.4, 0.5) is 0 Å². The minimum absolute atomic E-state index is 0.176. The molecule has 2 aromatic heterocycles. The number of hydrogen-bond donors (Lipinski definition) is 1. The van der Waals surface area contributed by atoms with Gasteiger partial charge in [-0.15, -0.1) is 16.4 Å². The summed E-state index contributed by atoms with van der Waals surface area (Å²) >= 11 is 7.46. The summed E-state index contributed by atoms with van der Waals surface area (Å²) in [4.78, 5) is 22.2. The summed E-state index contributed by atoms with van der Waals surface area (Å²) in [6, 6.07) is 4.25. The maximum Gasteiger partial charge on any atom is 0.242 e. The molecule has 1 amide bonds. The van der Waals surface area contributed by atoms with Crippen LogP contribution in [0.1, 0.15) is 23.5 Å². The van der Waals surface area contributed by atoms with Crippen LogP contribution >= 0.6 is 22.9 Å². The first-order valence-electron chi connectivity index (χ1n) is 7.80. The zero-order chi connectivity index (χ0) is 16.1. The first-order chi connectivity index (χ1) is 11.2. The van der Waals surface area contributed by atoms with Crippen molar-refractivity contribution in [2.45, 2.75) is 25.8 Å². The minimum atomic E-state index is 0.176. The highest BCUT2D eigenvalue weighted by atomic mass is 35.5. The number of carbonyl (C=O) groups excluding carboxylic acids is 1. The van der Waals surface area contributed by atoms with E-state index >= 15 is 0 Å². The van der Waals surface area contributed by atoms with Gasteiger partial charge in [0.2, 0.25) is 11.2 Å². The third-order valence-electron chi connectivity index (χ3n) is 3.98. The maximum atomic E-state index is 12.4. The molecule has 1 aliphatic heterocycles. The molecule has 3 heterocycles. The predicted octanol–water partition coefficient (Wildman–Crippen LogP) is 2.19. The van der Waals surface area contributed by atoms with Gasteiger partial charge >= 0.3 is 0 Å². The van der Waals surface area contributed by atoms with Gasteiger partial charge in [0.05, 0.1) is 0 Å². The summed E-state index contributed by atoms with van der Waals surface area (Å²) in [5.41, 5.74) is 0. The fraction of sp³-hybridized carbons (Fsp3) is 0.533. The zero-order valence-electron chi connectivity index (χ0n) is 12.9. The Balaban J connectivity index is 1.46. The van der Waals surface area contributed by atoms with E-state index in [2.05, 4.69) is 37.6 Å². The fourth-order valence-electron chi connectivity index (χ4n) is 2.77. The molecule has 0 saturated carbocycles. The van der Waals surface area contributed by atoms with Crippen LogP contribution < -0.4 is 0 Å². The molecule has 6 nitrogen and oxygen atoms in total. The molecule has 0 aliphatic carbocycles. The lowest BCUT2D eigenvalue weighted by Gasteiger charge is -2.21. The van der Waals surface area contributed by atoms with Gasteiger partial charge in [-0.05, 0) is 29.5 Å². The number of aromatic amines is 1. The second-order valence-corrected chi connectivity index (χ2v) is 7.01. The first-order valence-corrected chi connectivity index (χ1v) is 9.06. The molecule has 0 bridgehead atoms. The van der Waals surface area contributed by atoms with E-state index in [4.69, 9.17) is 11.6 Å². The van der Waals surface area contributed by atoms with Gasteiger partial charge in [0.25, 0.3) is 0 Å². The van der Waals surface area contributed by atoms with Gasteiger partial charge in [-0.2, -0.15) is 0 Å². The topological polar surface area (TPSA) is 65.1 Å². The molecule has 0 unspecified atom stereocenters. The molecule has 0 spiro atoms. The maximum absolute atomic E-state index is 12.4. The summed E-state index contributed by atoms with van der Waals surface area (Å²) in [5.74, 6) is 0.841. The number of nitrogens with zero attached hydrogens (tertiary/aromatic N) is 4. The number of aromatic nitrogens is 3. The quantitative estimate of drug-likeness (QED) is 0.894. The Hall–Kier alpha value is -1.44. The number of nitrogens with one attached hydrogen (secondary N) is 1. The van der Waals surface area contributed by atoms with Gasteiger partial charge in [-0.3, -0.25) is 14.8 Å². The van der Waals surface area contributed by atoms with E-state index in [-0.39, 0.29) is 11.2 Å². The number of H-pyrrole nitrogens is 1. The van der Waals surface area contributed by atoms with Gasteiger partial charge in [0, 0.05) is 50.4 Å². The lowest BCUT2D eigenvalue weighted by molar-refractivity contribution is -0.131. The van der Waals surface area contributed by atoms with Gasteiger partial charge in [0.15, 0.2) is 0 Å². The Morgan fingerprint density at radius 1 is 1.35 bits per heavy atom. The Bertz CT molecular complexity index is 630. The smallest absolute Gasteiger partial charge is 0.242 e. The molecule has 1 N–H and O–H groups in total. The molecule has 23 heavy (non-hydrogen) atoms. The molecular formula is C15H20ClN5OS. The largest absolute Gasteiger partial charge is 0.341 e. The molecule has 2 aromatic rings. The highest BCUT2D eigenvalue weighted by Gasteiger charge is 2.19. The second kappa shape index (κ2) is 7.90. The summed E-state index contributed by atoms with van der Waals surface area (Å²) in [7, 11) is 0. The van der Waals surface area contributed by atoms with Crippen molar-refractivity contribution in [1.82, 2.24) is 25.0 Å². The lowest BCUT2D eigenvalue weighted by Crippen LogP contribution is -2.35. The first kappa shape index (κ1) is 16.4. The highest BCUT2D eigenvalue weighted by Crippen LogP contribution is 2.14. The lowest BCUT2D eigenvalue weighted by atomic mass is 10.2. The third kappa shape index (κ3) is 4.76. The number of amides is 1. The SMILES string of the molecule is O=C(CCc1nc(Cl)n[nH]1)N1CCCN(Cc2cccs2)CC1. The molecule has 8 heteroatoms. The number of carbonyl (C=O) groups is 1. The molecular weight excluding hydrogens is 334 g/mol. The van der Waals surface area contributed by atoms with E-state index in [1.54, 1.807) is 11.3 Å². The third-order valence-corrected chi connectivity index (χ3v) is 5.01. The molecule has 0 atom stereocenters. The van der Waals surface area contributed by atoms with Crippen molar-refractivity contribution in [2.24, 2.45) is 0 Å². The number of rotatable bonds is 5. The Kier molecular flexibility index (Phi) is 5.64. The van der Waals surface area contributed by atoms with Crippen LogP contribution in [0.15, 0.2) is 17.5 Å². The van der Waals surface area contributed by atoms with E-state index in [1.165, 1.54) is 4.88 Å². The van der Waals surface area contributed by atoms with Crippen molar-refractivity contribution in [3.8, 4) is 0 Å². The minimum Gasteiger partial charge on any atom is -0.341 e. The van der Waals surface area contributed by atoms with Crippen LogP contribution in [0.25, 0.3) is 0 Å². The second-order valence-electron chi connectivity index (χ2n) is 5.64. The molecule has 124 valence electrons. The Morgan fingerprint density at radius 3 is 3.00 bits per heavy atom. The van der Waals surface area contributed by atoms with Crippen LogP contribution in [0, 0.1) is 0 Å². The standard InChI is InChI=1S/C15H20ClN5OS/c16-15-17-13(18-19-15)4-5-14(22)21-7-2-6-20(8-9-21)11-12-3-1-10-23-12/h1,3,10H,2,4-9,11H2,(H,17,18,19). The average molecular weight is 354 g/mol. The van der Waals surface area contributed by atoms with Gasteiger partial charge < -0.3 is 4.90 Å². The zero-order valence-corrected chi connectivity index (χ0v) is 14.4. The van der Waals surface area contributed by atoms with Crippen molar-refractivity contribution in [2.75, 3.05) is 26.2 Å². The van der Waals surface area contributed by atoms with Crippen LogP contribution in [0.2, 0.25) is 5.28 Å². The van der Waals surface area contributed by atoms with Crippen molar-refractivity contribution in [1.29, 1.82) is 0 Å². The summed E-state index contributed by atoms with van der Waals surface area (Å²) < 4.78 is 0. The molecule has 1 saturated heterocycles. The van der Waals surface area contributed by atoms with Crippen molar-refractivity contribution in [3.05, 3.63) is 33.5 Å². The average Bonchev–Trinajstić information content (AvgIpc) is 3.13. The van der Waals surface area contributed by atoms with E-state index in [1.807, 2.05) is 4.90 Å². The van der Waals surface area contributed by atoms with E-state index in [0.29, 0.717) is 18.7 Å². The van der Waals surface area contributed by atoms with Gasteiger partial charge in [-0.1, -0.05) is 6.07 Å². The number of thiophene rings is 1. The Labute approximate surface area is 144 Å². The molecule has 1 aliphatic rings. The number of halogens is 1. The predicted molar refractivity (Wildman–Crippen MR) is 90.5 cm³/mol. The molecule has 0 radical (unpaired) electrons. The molecule has 0 aromatic carbocycles. The normalized spacial score (nSPS) is 16.5. The monoisotopic (exact) mass is 353 g/mol. The Morgan fingerprint density at radius 2 is 2.26 bits per heavy atom. The fourth-order valence-corrected chi connectivity index (χ4v) is 3.66. The van der Waals surface area contributed by atoms with Crippen molar-refractivity contribution >= 4 is 28.8 Å². The van der Waals surface area contributed by atoms with Gasteiger partial charge in [0.1, 0.15) is 5.82 Å². The van der Waals surface area contributed by atoms with Crippen molar-refractivity contribution in [3.63, 3.8) is 0 Å². The van der Waals surface area contributed by atoms with Crippen LogP contribution in [0.5, 0.6) is 0 Å². The number of aryl methyl sites for hydroxylation is 1. The summed E-state index contributed by atoms with van der Waals surface area (Å²) in [5, 5.41) is 8.81. The van der Waals surface area contributed by atoms with E-state index in [0.717, 1.165) is 39.1 Å². The summed E-state index contributed by atoms with van der Waals surface area (Å²) in [6.07, 6.45) is 2.01. The van der Waals surface area contributed by atoms with Crippen LogP contribution in [-0.4, -0.2) is 57.1 Å². The highest BCUT2D eigenvalue weighted by molar-refractivity contribution is 7.09. The van der Waals surface area contributed by atoms with Gasteiger partial charge in [-0.25, -0.2) is 4.98 Å². The number of hydrogen-bond acceptors (Lipinski definition) is 5. The molecule has 3 rings (SSSR count). The molecule has 1 fully saturated rings.